The molecule has 1 fully saturated rings. The molecule has 2 aromatic carbocycles. The van der Waals surface area contributed by atoms with Gasteiger partial charge in [0.2, 0.25) is 0 Å². The molecule has 2 aliphatic rings. The molecule has 168 valence electrons. The fourth-order valence-corrected chi connectivity index (χ4v) is 4.92. The molecule has 0 bridgehead atoms. The molecular weight excluding hydrogens is 405 g/mol. The molecule has 5 nitrogen and oxygen atoms in total. The number of amides is 3. The normalized spacial score (nSPS) is 21.2. The number of anilines is 1. The van der Waals surface area contributed by atoms with Crippen molar-refractivity contribution in [1.82, 2.24) is 10.2 Å². The lowest BCUT2D eigenvalue weighted by atomic mass is 9.79. The number of halogens is 1. The summed E-state index contributed by atoms with van der Waals surface area (Å²) in [5.74, 6) is -0.496. The zero-order valence-electron chi connectivity index (χ0n) is 19.1. The van der Waals surface area contributed by atoms with Gasteiger partial charge >= 0.3 is 6.03 Å². The molecule has 0 radical (unpaired) electrons. The predicted octanol–water partition coefficient (Wildman–Crippen LogP) is 5.42. The van der Waals surface area contributed by atoms with Crippen molar-refractivity contribution in [1.29, 1.82) is 0 Å². The van der Waals surface area contributed by atoms with Crippen LogP contribution in [0.1, 0.15) is 63.1 Å². The van der Waals surface area contributed by atoms with Gasteiger partial charge in [-0.05, 0) is 68.0 Å². The van der Waals surface area contributed by atoms with Gasteiger partial charge in [-0.3, -0.25) is 9.69 Å². The highest BCUT2D eigenvalue weighted by molar-refractivity contribution is 6.13. The molecule has 0 saturated carbocycles. The summed E-state index contributed by atoms with van der Waals surface area (Å²) in [6.45, 7) is 9.89. The number of hydrogen-bond acceptors (Lipinski definition) is 3. The number of urea groups is 1. The molecule has 4 rings (SSSR count). The number of hydrogen-bond donors (Lipinski definition) is 1. The Morgan fingerprint density at radius 2 is 1.94 bits per heavy atom. The van der Waals surface area contributed by atoms with Crippen molar-refractivity contribution in [3.63, 3.8) is 0 Å². The number of rotatable bonds is 5. The quantitative estimate of drug-likeness (QED) is 0.504. The van der Waals surface area contributed by atoms with Crippen molar-refractivity contribution in [2.45, 2.75) is 58.5 Å². The summed E-state index contributed by atoms with van der Waals surface area (Å²) in [6.07, 6.45) is 3.83. The van der Waals surface area contributed by atoms with Gasteiger partial charge in [0.25, 0.3) is 5.91 Å². The minimum atomic E-state index is -0.535. The highest BCUT2D eigenvalue weighted by Gasteiger charge is 2.36. The van der Waals surface area contributed by atoms with Crippen molar-refractivity contribution in [3.8, 4) is 0 Å². The minimum absolute atomic E-state index is 0.0883. The molecular formula is C26H30FN3O2. The largest absolute Gasteiger partial charge is 0.366 e. The Morgan fingerprint density at radius 1 is 1.19 bits per heavy atom. The monoisotopic (exact) mass is 435 g/mol. The molecule has 0 aromatic heterocycles. The van der Waals surface area contributed by atoms with Gasteiger partial charge in [-0.2, -0.15) is 0 Å². The second-order valence-electron chi connectivity index (χ2n) is 9.36. The lowest BCUT2D eigenvalue weighted by molar-refractivity contribution is -0.123. The molecule has 1 unspecified atom stereocenters. The van der Waals surface area contributed by atoms with Gasteiger partial charge < -0.3 is 10.2 Å². The number of imide groups is 1. The van der Waals surface area contributed by atoms with Gasteiger partial charge in [0.15, 0.2) is 0 Å². The van der Waals surface area contributed by atoms with Crippen LogP contribution in [0, 0.1) is 5.82 Å². The predicted molar refractivity (Wildman–Crippen MR) is 125 cm³/mol. The van der Waals surface area contributed by atoms with Crippen LogP contribution in [-0.2, 0) is 11.3 Å². The summed E-state index contributed by atoms with van der Waals surface area (Å²) >= 11 is 0. The third kappa shape index (κ3) is 4.01. The van der Waals surface area contributed by atoms with E-state index < -0.39 is 17.8 Å². The topological polar surface area (TPSA) is 52.7 Å². The van der Waals surface area contributed by atoms with Crippen LogP contribution < -0.4 is 10.2 Å². The van der Waals surface area contributed by atoms with Gasteiger partial charge in [0.05, 0.1) is 6.54 Å². The summed E-state index contributed by atoms with van der Waals surface area (Å²) in [4.78, 5) is 28.8. The Kier molecular flexibility index (Phi) is 5.80. The second kappa shape index (κ2) is 8.41. The highest BCUT2D eigenvalue weighted by atomic mass is 19.1. The molecule has 6 heteroatoms. The Bertz CT molecular complexity index is 1090. The number of carbonyl (C=O) groups is 2. The molecule has 32 heavy (non-hydrogen) atoms. The maximum Gasteiger partial charge on any atom is 0.329 e. The highest BCUT2D eigenvalue weighted by Crippen LogP contribution is 2.43. The van der Waals surface area contributed by atoms with Crippen molar-refractivity contribution in [3.05, 3.63) is 70.7 Å². The first-order valence-electron chi connectivity index (χ1n) is 11.2. The van der Waals surface area contributed by atoms with E-state index in [1.54, 1.807) is 24.3 Å². The first-order chi connectivity index (χ1) is 15.2. The van der Waals surface area contributed by atoms with Gasteiger partial charge in [0.1, 0.15) is 11.5 Å². The number of benzene rings is 2. The van der Waals surface area contributed by atoms with E-state index in [2.05, 4.69) is 50.0 Å². The second-order valence-corrected chi connectivity index (χ2v) is 9.36. The Balaban J connectivity index is 1.61. The molecule has 1 atom stereocenters. The van der Waals surface area contributed by atoms with E-state index in [0.717, 1.165) is 29.8 Å². The van der Waals surface area contributed by atoms with Crippen LogP contribution in [-0.4, -0.2) is 28.9 Å². The first kappa shape index (κ1) is 22.1. The van der Waals surface area contributed by atoms with Gasteiger partial charge in [-0.15, -0.1) is 0 Å². The maximum atomic E-state index is 14.0. The van der Waals surface area contributed by atoms with E-state index in [-0.39, 0.29) is 17.8 Å². The molecule has 2 aliphatic heterocycles. The lowest BCUT2D eigenvalue weighted by Crippen LogP contribution is -2.48. The Hall–Kier alpha value is -3.15. The summed E-state index contributed by atoms with van der Waals surface area (Å²) in [5, 5.41) is 2.64. The van der Waals surface area contributed by atoms with E-state index in [1.165, 1.54) is 17.3 Å². The summed E-state index contributed by atoms with van der Waals surface area (Å²) in [6, 6.07) is 11.8. The van der Waals surface area contributed by atoms with Gasteiger partial charge in [-0.25, -0.2) is 9.18 Å². The number of nitrogens with one attached hydrogen (secondary N) is 1. The standard InChI is InChI=1S/C26H30FN3O2/c1-5-12-30-23-11-10-18(13-20(23)17(2)15-26(30,3)4)14-22-24(31)29(25(32)28-22)16-19-8-6-7-9-21(19)27/h6-11,13-14,17H,5,12,15-16H2,1-4H3,(H,28,32)/b22-14+. The fourth-order valence-electron chi connectivity index (χ4n) is 4.92. The molecule has 3 amide bonds. The van der Waals surface area contributed by atoms with Gasteiger partial charge in [0, 0.05) is 23.3 Å². The van der Waals surface area contributed by atoms with Crippen LogP contribution >= 0.6 is 0 Å². The number of nitrogens with zero attached hydrogens (tertiary/aromatic N) is 2. The van der Waals surface area contributed by atoms with Crippen molar-refractivity contribution in [2.24, 2.45) is 0 Å². The van der Waals surface area contributed by atoms with E-state index in [4.69, 9.17) is 0 Å². The zero-order chi connectivity index (χ0) is 23.0. The molecule has 0 aliphatic carbocycles. The third-order valence-electron chi connectivity index (χ3n) is 6.42. The molecule has 2 aromatic rings. The molecule has 0 spiro atoms. The molecule has 2 heterocycles. The first-order valence-corrected chi connectivity index (χ1v) is 11.2. The average molecular weight is 436 g/mol. The minimum Gasteiger partial charge on any atom is -0.366 e. The molecule has 1 N–H and O–H groups in total. The van der Waals surface area contributed by atoms with Crippen LogP contribution in [0.25, 0.3) is 6.08 Å². The van der Waals surface area contributed by atoms with Crippen LogP contribution in [0.5, 0.6) is 0 Å². The number of fused-ring (bicyclic) bond motifs is 1. The van der Waals surface area contributed by atoms with Crippen molar-refractivity contribution >= 4 is 23.7 Å². The van der Waals surface area contributed by atoms with Crippen LogP contribution in [0.3, 0.4) is 0 Å². The summed E-state index contributed by atoms with van der Waals surface area (Å²) < 4.78 is 14.0. The van der Waals surface area contributed by atoms with Crippen LogP contribution in [0.4, 0.5) is 14.9 Å². The van der Waals surface area contributed by atoms with E-state index in [1.807, 2.05) is 6.07 Å². The van der Waals surface area contributed by atoms with E-state index in [0.29, 0.717) is 11.5 Å². The molecule has 1 saturated heterocycles. The zero-order valence-corrected chi connectivity index (χ0v) is 19.1. The SMILES string of the molecule is CCCN1c2ccc(/C=C3/NC(=O)N(Cc4ccccc4F)C3=O)cc2C(C)CC1(C)C. The average Bonchev–Trinajstić information content (AvgIpc) is 3.00. The number of carbonyl (C=O) groups excluding carboxylic acids is 2. The van der Waals surface area contributed by atoms with Crippen LogP contribution in [0.15, 0.2) is 48.2 Å². The fraction of sp³-hybridized carbons (Fsp3) is 0.385. The van der Waals surface area contributed by atoms with E-state index >= 15 is 0 Å². The Morgan fingerprint density at radius 3 is 2.66 bits per heavy atom. The summed E-state index contributed by atoms with van der Waals surface area (Å²) in [7, 11) is 0. The third-order valence-corrected chi connectivity index (χ3v) is 6.42. The van der Waals surface area contributed by atoms with Gasteiger partial charge in [-0.1, -0.05) is 38.1 Å². The van der Waals surface area contributed by atoms with E-state index in [9.17, 15) is 14.0 Å². The lowest BCUT2D eigenvalue weighted by Gasteiger charge is -2.47. The van der Waals surface area contributed by atoms with Crippen molar-refractivity contribution < 1.29 is 14.0 Å². The van der Waals surface area contributed by atoms with Crippen LogP contribution in [0.2, 0.25) is 0 Å². The maximum absolute atomic E-state index is 14.0. The Labute approximate surface area is 188 Å². The smallest absolute Gasteiger partial charge is 0.329 e. The van der Waals surface area contributed by atoms with Crippen molar-refractivity contribution in [2.75, 3.05) is 11.4 Å². The summed E-state index contributed by atoms with van der Waals surface area (Å²) in [5.41, 5.74) is 3.96.